The van der Waals surface area contributed by atoms with Gasteiger partial charge in [-0.2, -0.15) is 0 Å². The lowest BCUT2D eigenvalue weighted by atomic mass is 9.82. The van der Waals surface area contributed by atoms with Gasteiger partial charge < -0.3 is 10.1 Å². The number of halogens is 1. The summed E-state index contributed by atoms with van der Waals surface area (Å²) < 4.78 is 6.80. The Labute approximate surface area is 131 Å². The average Bonchev–Trinajstić information content (AvgIpc) is 2.35. The Morgan fingerprint density at radius 3 is 2.55 bits per heavy atom. The molecule has 1 heterocycles. The van der Waals surface area contributed by atoms with Crippen LogP contribution in [-0.2, 0) is 11.2 Å². The van der Waals surface area contributed by atoms with Crippen molar-refractivity contribution in [2.24, 2.45) is 5.41 Å². The number of aromatic nitrogens is 1. The van der Waals surface area contributed by atoms with Crippen LogP contribution < -0.4 is 5.32 Å². The van der Waals surface area contributed by atoms with Crippen molar-refractivity contribution in [1.82, 2.24) is 10.3 Å². The number of methoxy groups -OCH3 is 1. The summed E-state index contributed by atoms with van der Waals surface area (Å²) in [6.07, 6.45) is 5.94. The predicted molar refractivity (Wildman–Crippen MR) is 88.0 cm³/mol. The summed E-state index contributed by atoms with van der Waals surface area (Å²) in [5.41, 5.74) is 1.32. The number of nitrogens with one attached hydrogen (secondary N) is 1. The van der Waals surface area contributed by atoms with Crippen molar-refractivity contribution >= 4 is 15.9 Å². The van der Waals surface area contributed by atoms with Crippen LogP contribution in [0.3, 0.4) is 0 Å². The Balaban J connectivity index is 2.88. The normalized spacial score (nSPS) is 15.1. The number of pyridine rings is 1. The molecule has 0 amide bonds. The van der Waals surface area contributed by atoms with Gasteiger partial charge in [0.25, 0.3) is 0 Å². The van der Waals surface area contributed by atoms with Gasteiger partial charge in [0.2, 0.25) is 0 Å². The van der Waals surface area contributed by atoms with E-state index in [9.17, 15) is 0 Å². The SMILES string of the molecule is CCCNC(Cc1cncc(Br)c1)C(OC)C(C)(C)C. The molecule has 1 aromatic rings. The minimum absolute atomic E-state index is 0.0968. The summed E-state index contributed by atoms with van der Waals surface area (Å²) in [5, 5.41) is 3.63. The second-order valence-corrected chi connectivity index (χ2v) is 7.21. The molecule has 0 aliphatic rings. The summed E-state index contributed by atoms with van der Waals surface area (Å²) in [4.78, 5) is 4.25. The van der Waals surface area contributed by atoms with Gasteiger partial charge in [0.1, 0.15) is 0 Å². The molecule has 0 aliphatic carbocycles. The second-order valence-electron chi connectivity index (χ2n) is 6.30. The van der Waals surface area contributed by atoms with Gasteiger partial charge in [0.15, 0.2) is 0 Å². The molecule has 0 spiro atoms. The maximum atomic E-state index is 5.78. The lowest BCUT2D eigenvalue weighted by Crippen LogP contribution is -2.49. The Kier molecular flexibility index (Phi) is 7.13. The van der Waals surface area contributed by atoms with Gasteiger partial charge in [0, 0.05) is 30.0 Å². The third-order valence-electron chi connectivity index (χ3n) is 3.35. The molecule has 3 nitrogen and oxygen atoms in total. The van der Waals surface area contributed by atoms with E-state index in [2.05, 4.69) is 60.0 Å². The Bertz CT molecular complexity index is 404. The van der Waals surface area contributed by atoms with Crippen LogP contribution in [-0.4, -0.2) is 30.8 Å². The van der Waals surface area contributed by atoms with E-state index in [1.807, 2.05) is 12.4 Å². The number of hydrogen-bond donors (Lipinski definition) is 1. The molecule has 0 bridgehead atoms. The van der Waals surface area contributed by atoms with Gasteiger partial charge in [-0.3, -0.25) is 4.98 Å². The third-order valence-corrected chi connectivity index (χ3v) is 3.78. The molecule has 0 saturated carbocycles. The van der Waals surface area contributed by atoms with E-state index in [4.69, 9.17) is 4.74 Å². The Morgan fingerprint density at radius 1 is 1.35 bits per heavy atom. The van der Waals surface area contributed by atoms with Crippen LogP contribution in [0.4, 0.5) is 0 Å². The molecule has 1 rings (SSSR count). The Morgan fingerprint density at radius 2 is 2.05 bits per heavy atom. The van der Waals surface area contributed by atoms with Crippen molar-refractivity contribution < 1.29 is 4.74 Å². The smallest absolute Gasteiger partial charge is 0.0775 e. The standard InChI is InChI=1S/C16H27BrN2O/c1-6-7-19-14(15(20-5)16(2,3)4)9-12-8-13(17)11-18-10-12/h8,10-11,14-15,19H,6-7,9H2,1-5H3. The monoisotopic (exact) mass is 342 g/mol. The molecule has 1 aromatic heterocycles. The van der Waals surface area contributed by atoms with Gasteiger partial charge in [-0.25, -0.2) is 0 Å². The maximum Gasteiger partial charge on any atom is 0.0775 e. The molecular weight excluding hydrogens is 316 g/mol. The van der Waals surface area contributed by atoms with Crippen molar-refractivity contribution in [1.29, 1.82) is 0 Å². The zero-order valence-corrected chi connectivity index (χ0v) is 14.8. The van der Waals surface area contributed by atoms with Crippen molar-refractivity contribution in [3.8, 4) is 0 Å². The molecule has 0 saturated heterocycles. The zero-order chi connectivity index (χ0) is 15.2. The molecule has 2 atom stereocenters. The number of nitrogens with zero attached hydrogens (tertiary/aromatic N) is 1. The highest BCUT2D eigenvalue weighted by Crippen LogP contribution is 2.26. The lowest BCUT2D eigenvalue weighted by Gasteiger charge is -2.36. The van der Waals surface area contributed by atoms with E-state index in [0.717, 1.165) is 23.9 Å². The highest BCUT2D eigenvalue weighted by Gasteiger charge is 2.32. The number of hydrogen-bond acceptors (Lipinski definition) is 3. The topological polar surface area (TPSA) is 34.2 Å². The van der Waals surface area contributed by atoms with Crippen LogP contribution in [0.25, 0.3) is 0 Å². The van der Waals surface area contributed by atoms with E-state index < -0.39 is 0 Å². The predicted octanol–water partition coefficient (Wildman–Crippen LogP) is 3.82. The molecule has 20 heavy (non-hydrogen) atoms. The molecule has 0 aromatic carbocycles. The second kappa shape index (κ2) is 8.11. The molecule has 4 heteroatoms. The first kappa shape index (κ1) is 17.6. The molecule has 0 fully saturated rings. The summed E-state index contributed by atoms with van der Waals surface area (Å²) in [6, 6.07) is 2.42. The molecule has 0 radical (unpaired) electrons. The van der Waals surface area contributed by atoms with Crippen LogP contribution in [0.15, 0.2) is 22.9 Å². The number of ether oxygens (including phenoxy) is 1. The lowest BCUT2D eigenvalue weighted by molar-refractivity contribution is -0.0109. The molecule has 0 aliphatic heterocycles. The summed E-state index contributed by atoms with van der Waals surface area (Å²) in [7, 11) is 1.80. The van der Waals surface area contributed by atoms with Crippen LogP contribution in [0.5, 0.6) is 0 Å². The minimum Gasteiger partial charge on any atom is -0.379 e. The Hall–Kier alpha value is -0.450. The molecule has 114 valence electrons. The molecular formula is C16H27BrN2O. The van der Waals surface area contributed by atoms with Crippen LogP contribution in [0.1, 0.15) is 39.7 Å². The fourth-order valence-electron chi connectivity index (χ4n) is 2.56. The van der Waals surface area contributed by atoms with Gasteiger partial charge in [-0.15, -0.1) is 0 Å². The first-order valence-corrected chi connectivity index (χ1v) is 8.03. The highest BCUT2D eigenvalue weighted by atomic mass is 79.9. The van der Waals surface area contributed by atoms with E-state index >= 15 is 0 Å². The van der Waals surface area contributed by atoms with E-state index in [1.165, 1.54) is 5.56 Å². The average molecular weight is 343 g/mol. The van der Waals surface area contributed by atoms with E-state index in [1.54, 1.807) is 7.11 Å². The van der Waals surface area contributed by atoms with Gasteiger partial charge in [0.05, 0.1) is 6.10 Å². The van der Waals surface area contributed by atoms with Crippen LogP contribution in [0.2, 0.25) is 0 Å². The summed E-state index contributed by atoms with van der Waals surface area (Å²) in [5.74, 6) is 0. The number of rotatable bonds is 7. The van der Waals surface area contributed by atoms with Crippen molar-refractivity contribution in [2.45, 2.75) is 52.7 Å². The van der Waals surface area contributed by atoms with Gasteiger partial charge >= 0.3 is 0 Å². The molecule has 2 unspecified atom stereocenters. The van der Waals surface area contributed by atoms with Crippen molar-refractivity contribution in [2.75, 3.05) is 13.7 Å². The van der Waals surface area contributed by atoms with Crippen molar-refractivity contribution in [3.05, 3.63) is 28.5 Å². The summed E-state index contributed by atoms with van der Waals surface area (Å²) in [6.45, 7) is 9.86. The first-order valence-electron chi connectivity index (χ1n) is 7.24. The van der Waals surface area contributed by atoms with Crippen LogP contribution in [0, 0.1) is 5.41 Å². The fourth-order valence-corrected chi connectivity index (χ4v) is 2.97. The zero-order valence-electron chi connectivity index (χ0n) is 13.2. The fraction of sp³-hybridized carbons (Fsp3) is 0.688. The quantitative estimate of drug-likeness (QED) is 0.817. The minimum atomic E-state index is 0.0968. The first-order chi connectivity index (χ1) is 9.38. The summed E-state index contributed by atoms with van der Waals surface area (Å²) >= 11 is 3.48. The van der Waals surface area contributed by atoms with E-state index in [-0.39, 0.29) is 17.6 Å². The highest BCUT2D eigenvalue weighted by molar-refractivity contribution is 9.10. The molecule has 1 N–H and O–H groups in total. The largest absolute Gasteiger partial charge is 0.379 e. The third kappa shape index (κ3) is 5.51. The van der Waals surface area contributed by atoms with Gasteiger partial charge in [-0.1, -0.05) is 27.7 Å². The van der Waals surface area contributed by atoms with Crippen LogP contribution >= 0.6 is 15.9 Å². The maximum absolute atomic E-state index is 5.78. The van der Waals surface area contributed by atoms with E-state index in [0.29, 0.717) is 0 Å². The van der Waals surface area contributed by atoms with Crippen molar-refractivity contribution in [3.63, 3.8) is 0 Å². The van der Waals surface area contributed by atoms with Gasteiger partial charge in [-0.05, 0) is 52.4 Å².